The molecule has 5 N–H and O–H groups in total. The summed E-state index contributed by atoms with van der Waals surface area (Å²) >= 11 is 6.03. The van der Waals surface area contributed by atoms with E-state index in [1.165, 1.54) is 12.3 Å². The second kappa shape index (κ2) is 9.01. The SMILES string of the molecule is CC(/C=C\N)C(=O)N1CCc2nc(Cl)nc(NCc3cc(N)cc(C(F)(F)F)c3)c2C1. The Bertz CT molecular complexity index is 1010. The fraction of sp³-hybridized carbons (Fsp3) is 0.350. The molecule has 2 heterocycles. The Kier molecular flexibility index (Phi) is 6.59. The second-order valence-corrected chi connectivity index (χ2v) is 7.60. The number of carbonyl (C=O) groups excluding carboxylic acids is 1. The van der Waals surface area contributed by atoms with Crippen molar-refractivity contribution < 1.29 is 18.0 Å². The van der Waals surface area contributed by atoms with Gasteiger partial charge in [0.05, 0.1) is 23.7 Å². The van der Waals surface area contributed by atoms with Crippen LogP contribution in [0.1, 0.15) is 29.3 Å². The van der Waals surface area contributed by atoms with Crippen molar-refractivity contribution in [2.45, 2.75) is 32.6 Å². The number of benzene rings is 1. The molecule has 0 aliphatic carbocycles. The Hall–Kier alpha value is -3.01. The van der Waals surface area contributed by atoms with Gasteiger partial charge < -0.3 is 21.7 Å². The molecular formula is C20H22ClF3N6O. The summed E-state index contributed by atoms with van der Waals surface area (Å²) < 4.78 is 39.2. The third-order valence-electron chi connectivity index (χ3n) is 4.94. The molecular weight excluding hydrogens is 433 g/mol. The number of hydrogen-bond acceptors (Lipinski definition) is 6. The maximum absolute atomic E-state index is 13.1. The summed E-state index contributed by atoms with van der Waals surface area (Å²) in [4.78, 5) is 22.7. The van der Waals surface area contributed by atoms with Gasteiger partial charge in [-0.05, 0) is 41.6 Å². The van der Waals surface area contributed by atoms with Gasteiger partial charge >= 0.3 is 6.18 Å². The van der Waals surface area contributed by atoms with Crippen LogP contribution in [0.25, 0.3) is 0 Å². The lowest BCUT2D eigenvalue weighted by atomic mass is 10.0. The molecule has 1 aromatic carbocycles. The molecule has 7 nitrogen and oxygen atoms in total. The molecule has 3 rings (SSSR count). The van der Waals surface area contributed by atoms with Crippen molar-refractivity contribution in [3.8, 4) is 0 Å². The number of amides is 1. The molecule has 2 aromatic rings. The molecule has 1 aromatic heterocycles. The van der Waals surface area contributed by atoms with Crippen molar-refractivity contribution in [3.05, 3.63) is 58.1 Å². The van der Waals surface area contributed by atoms with E-state index in [-0.39, 0.29) is 35.9 Å². The zero-order chi connectivity index (χ0) is 22.8. The highest BCUT2D eigenvalue weighted by molar-refractivity contribution is 6.28. The first kappa shape index (κ1) is 22.7. The van der Waals surface area contributed by atoms with Gasteiger partial charge in [-0.25, -0.2) is 9.97 Å². The molecule has 1 amide bonds. The predicted molar refractivity (Wildman–Crippen MR) is 112 cm³/mol. The Morgan fingerprint density at radius 3 is 2.77 bits per heavy atom. The third kappa shape index (κ3) is 5.38. The highest BCUT2D eigenvalue weighted by Crippen LogP contribution is 2.32. The van der Waals surface area contributed by atoms with Crippen LogP contribution in [0.4, 0.5) is 24.7 Å². The lowest BCUT2D eigenvalue weighted by molar-refractivity contribution is -0.137. The molecule has 1 aliphatic rings. The molecule has 1 unspecified atom stereocenters. The normalized spacial score (nSPS) is 15.1. The predicted octanol–water partition coefficient (Wildman–Crippen LogP) is 3.34. The molecule has 11 heteroatoms. The lowest BCUT2D eigenvalue weighted by Crippen LogP contribution is -2.39. The third-order valence-corrected chi connectivity index (χ3v) is 5.11. The molecule has 0 spiro atoms. The number of nitrogens with zero attached hydrogens (tertiary/aromatic N) is 3. The first-order valence-corrected chi connectivity index (χ1v) is 9.89. The summed E-state index contributed by atoms with van der Waals surface area (Å²) in [6.07, 6.45) is -1.09. The van der Waals surface area contributed by atoms with Crippen LogP contribution in [0.5, 0.6) is 0 Å². The minimum absolute atomic E-state index is 0.00749. The molecule has 0 radical (unpaired) electrons. The van der Waals surface area contributed by atoms with Crippen LogP contribution in [0, 0.1) is 5.92 Å². The number of rotatable bonds is 5. The second-order valence-electron chi connectivity index (χ2n) is 7.26. The van der Waals surface area contributed by atoms with Crippen molar-refractivity contribution in [2.75, 3.05) is 17.6 Å². The number of nitrogens with one attached hydrogen (secondary N) is 1. The zero-order valence-electron chi connectivity index (χ0n) is 16.7. The van der Waals surface area contributed by atoms with E-state index < -0.39 is 11.7 Å². The van der Waals surface area contributed by atoms with Gasteiger partial charge in [-0.3, -0.25) is 4.79 Å². The highest BCUT2D eigenvalue weighted by Gasteiger charge is 2.31. The van der Waals surface area contributed by atoms with Crippen LogP contribution in [-0.4, -0.2) is 27.3 Å². The van der Waals surface area contributed by atoms with E-state index in [0.717, 1.165) is 12.1 Å². The molecule has 0 fully saturated rings. The molecule has 0 saturated heterocycles. The minimum atomic E-state index is -4.50. The van der Waals surface area contributed by atoms with E-state index >= 15 is 0 Å². The largest absolute Gasteiger partial charge is 0.416 e. The molecule has 0 bridgehead atoms. The monoisotopic (exact) mass is 454 g/mol. The lowest BCUT2D eigenvalue weighted by Gasteiger charge is -2.31. The number of aromatic nitrogens is 2. The van der Waals surface area contributed by atoms with E-state index in [0.29, 0.717) is 35.6 Å². The maximum Gasteiger partial charge on any atom is 0.416 e. The average Bonchev–Trinajstić information content (AvgIpc) is 2.70. The van der Waals surface area contributed by atoms with Gasteiger partial charge in [-0.2, -0.15) is 13.2 Å². The zero-order valence-corrected chi connectivity index (χ0v) is 17.5. The Labute approximate surface area is 182 Å². The van der Waals surface area contributed by atoms with Crippen LogP contribution in [0.15, 0.2) is 30.5 Å². The van der Waals surface area contributed by atoms with Gasteiger partial charge in [-0.1, -0.05) is 13.0 Å². The van der Waals surface area contributed by atoms with Crippen molar-refractivity contribution >= 4 is 29.0 Å². The van der Waals surface area contributed by atoms with Crippen LogP contribution in [0.3, 0.4) is 0 Å². The maximum atomic E-state index is 13.1. The number of anilines is 2. The van der Waals surface area contributed by atoms with Gasteiger partial charge in [-0.15, -0.1) is 0 Å². The number of halogens is 4. The van der Waals surface area contributed by atoms with Gasteiger partial charge in [0, 0.05) is 30.8 Å². The van der Waals surface area contributed by atoms with E-state index in [1.807, 2.05) is 0 Å². The van der Waals surface area contributed by atoms with Crippen LogP contribution < -0.4 is 16.8 Å². The van der Waals surface area contributed by atoms with E-state index in [1.54, 1.807) is 17.9 Å². The number of alkyl halides is 3. The molecule has 0 saturated carbocycles. The summed E-state index contributed by atoms with van der Waals surface area (Å²) in [7, 11) is 0. The molecule has 31 heavy (non-hydrogen) atoms. The average molecular weight is 455 g/mol. The van der Waals surface area contributed by atoms with Crippen LogP contribution in [-0.2, 0) is 30.5 Å². The quantitative estimate of drug-likeness (QED) is 0.472. The standard InChI is InChI=1S/C20H22ClF3N6O/c1-11(2-4-25)18(31)30-5-3-16-15(10-30)17(29-19(21)28-16)27-9-12-6-13(20(22,23)24)8-14(26)7-12/h2,4,6-8,11H,3,5,9-10,25-26H2,1H3,(H,27,28,29)/b4-2-. The van der Waals surface area contributed by atoms with Gasteiger partial charge in [0.25, 0.3) is 0 Å². The fourth-order valence-electron chi connectivity index (χ4n) is 3.43. The van der Waals surface area contributed by atoms with E-state index in [4.69, 9.17) is 23.1 Å². The van der Waals surface area contributed by atoms with E-state index in [2.05, 4.69) is 15.3 Å². The summed E-state index contributed by atoms with van der Waals surface area (Å²) in [6, 6.07) is 3.36. The van der Waals surface area contributed by atoms with E-state index in [9.17, 15) is 18.0 Å². The van der Waals surface area contributed by atoms with Crippen molar-refractivity contribution in [1.29, 1.82) is 0 Å². The summed E-state index contributed by atoms with van der Waals surface area (Å²) in [5.74, 6) is -0.117. The number of carbonyl (C=O) groups is 1. The van der Waals surface area contributed by atoms with Crippen molar-refractivity contribution in [1.82, 2.24) is 14.9 Å². The minimum Gasteiger partial charge on any atom is -0.405 e. The summed E-state index contributed by atoms with van der Waals surface area (Å²) in [5.41, 5.74) is 11.9. The smallest absolute Gasteiger partial charge is 0.405 e. The van der Waals surface area contributed by atoms with Gasteiger partial charge in [0.15, 0.2) is 0 Å². The number of nitrogens with two attached hydrogens (primary N) is 2. The van der Waals surface area contributed by atoms with Crippen LogP contribution in [0.2, 0.25) is 5.28 Å². The topological polar surface area (TPSA) is 110 Å². The number of hydrogen-bond donors (Lipinski definition) is 3. The van der Waals surface area contributed by atoms with Crippen molar-refractivity contribution in [2.24, 2.45) is 11.7 Å². The molecule has 1 aliphatic heterocycles. The summed E-state index contributed by atoms with van der Waals surface area (Å²) in [5, 5.41) is 3.04. The Morgan fingerprint density at radius 1 is 1.35 bits per heavy atom. The van der Waals surface area contributed by atoms with Gasteiger partial charge in [0.1, 0.15) is 5.82 Å². The Morgan fingerprint density at radius 2 is 2.10 bits per heavy atom. The first-order chi connectivity index (χ1) is 14.6. The fourth-order valence-corrected chi connectivity index (χ4v) is 3.61. The number of nitrogen functional groups attached to an aromatic ring is 1. The molecule has 1 atom stereocenters. The van der Waals surface area contributed by atoms with Crippen LogP contribution >= 0.6 is 11.6 Å². The number of fused-ring (bicyclic) bond motifs is 1. The molecule has 166 valence electrons. The first-order valence-electron chi connectivity index (χ1n) is 9.51. The van der Waals surface area contributed by atoms with Gasteiger partial charge in [0.2, 0.25) is 11.2 Å². The van der Waals surface area contributed by atoms with Crippen molar-refractivity contribution in [3.63, 3.8) is 0 Å². The summed E-state index contributed by atoms with van der Waals surface area (Å²) in [6.45, 7) is 2.50. The Balaban J connectivity index is 1.84. The highest BCUT2D eigenvalue weighted by atomic mass is 35.5.